The molecule has 3 N–H and O–H groups in total. The first-order valence-electron chi connectivity index (χ1n) is 9.00. The van der Waals surface area contributed by atoms with Crippen molar-refractivity contribution in [2.75, 3.05) is 6.61 Å². The molecule has 0 aromatic rings. The molecule has 2 saturated carbocycles. The number of fused-ring (bicyclic) bond motifs is 1. The van der Waals surface area contributed by atoms with Crippen LogP contribution in [-0.2, 0) is 4.79 Å². The summed E-state index contributed by atoms with van der Waals surface area (Å²) < 4.78 is 0. The van der Waals surface area contributed by atoms with E-state index in [1.165, 1.54) is 5.57 Å². The van der Waals surface area contributed by atoms with Gasteiger partial charge in [0.15, 0.2) is 0 Å². The Morgan fingerprint density at radius 1 is 1.38 bits per heavy atom. The summed E-state index contributed by atoms with van der Waals surface area (Å²) in [5, 5.41) is 29.3. The molecule has 0 heterocycles. The van der Waals surface area contributed by atoms with E-state index in [1.807, 2.05) is 19.9 Å². The highest BCUT2D eigenvalue weighted by atomic mass is 16.4. The van der Waals surface area contributed by atoms with Gasteiger partial charge in [0.1, 0.15) is 0 Å². The van der Waals surface area contributed by atoms with Gasteiger partial charge < -0.3 is 15.3 Å². The smallest absolute Gasteiger partial charge is 0.309 e. The number of aliphatic hydroxyl groups excluding tert-OH is 2. The highest BCUT2D eigenvalue weighted by Gasteiger charge is 2.59. The molecule has 0 aliphatic heterocycles. The molecule has 0 spiro atoms. The predicted octanol–water partition coefficient (Wildman–Crippen LogP) is 3.54. The fraction of sp³-hybridized carbons (Fsp3) is 0.750. The zero-order chi connectivity index (χ0) is 18.1. The van der Waals surface area contributed by atoms with Crippen molar-refractivity contribution in [1.82, 2.24) is 0 Å². The van der Waals surface area contributed by atoms with E-state index >= 15 is 0 Å². The minimum absolute atomic E-state index is 0.0487. The fourth-order valence-corrected chi connectivity index (χ4v) is 5.49. The molecule has 2 fully saturated rings. The first-order valence-corrected chi connectivity index (χ1v) is 9.00. The van der Waals surface area contributed by atoms with Gasteiger partial charge in [-0.3, -0.25) is 4.79 Å². The lowest BCUT2D eigenvalue weighted by Crippen LogP contribution is -2.56. The Bertz CT molecular complexity index is 538. The van der Waals surface area contributed by atoms with Crippen molar-refractivity contribution in [3.8, 4) is 0 Å². The molecule has 0 saturated heterocycles. The minimum atomic E-state index is -0.874. The second kappa shape index (κ2) is 7.01. The first-order chi connectivity index (χ1) is 11.1. The van der Waals surface area contributed by atoms with Crippen molar-refractivity contribution in [3.63, 3.8) is 0 Å². The number of hydrogen-bond donors (Lipinski definition) is 3. The number of aliphatic carboxylic acids is 1. The number of hydrogen-bond acceptors (Lipinski definition) is 3. The van der Waals surface area contributed by atoms with Crippen molar-refractivity contribution in [1.29, 1.82) is 0 Å². The summed E-state index contributed by atoms with van der Waals surface area (Å²) >= 11 is 0. The Balaban J connectivity index is 2.32. The van der Waals surface area contributed by atoms with Crippen LogP contribution in [0.15, 0.2) is 23.8 Å². The highest BCUT2D eigenvalue weighted by molar-refractivity contribution is 5.75. The fourth-order valence-electron chi connectivity index (χ4n) is 5.49. The summed E-state index contributed by atoms with van der Waals surface area (Å²) in [6, 6.07) is 0. The maximum absolute atomic E-state index is 12.0. The van der Waals surface area contributed by atoms with E-state index in [0.717, 1.165) is 31.3 Å². The van der Waals surface area contributed by atoms with Crippen molar-refractivity contribution < 1.29 is 20.1 Å². The minimum Gasteiger partial charge on any atom is -0.481 e. The largest absolute Gasteiger partial charge is 0.481 e. The normalized spacial score (nSPS) is 40.3. The van der Waals surface area contributed by atoms with Crippen LogP contribution in [0.2, 0.25) is 0 Å². The molecular weight excluding hydrogens is 304 g/mol. The standard InChI is InChI=1S/C20H32O4/c1-13(9-10-21)5-7-16-14(2)6-8-17-19(16,3)11-15(22)12-20(17,4)18(23)24/h9,15-17,21-22H,2,5-8,10-12H2,1,3-4H3,(H,23,24)/b13-9+/t15-,16+,17?,19-,20+/m1/s1. The van der Waals surface area contributed by atoms with Crippen LogP contribution in [0.25, 0.3) is 0 Å². The molecule has 2 rings (SSSR count). The van der Waals surface area contributed by atoms with Gasteiger partial charge in [0.05, 0.1) is 18.1 Å². The summed E-state index contributed by atoms with van der Waals surface area (Å²) in [6.07, 6.45) is 5.71. The number of rotatable bonds is 5. The lowest BCUT2D eigenvalue weighted by molar-refractivity contribution is -0.173. The van der Waals surface area contributed by atoms with Gasteiger partial charge in [-0.1, -0.05) is 30.7 Å². The molecule has 2 aliphatic rings. The lowest BCUT2D eigenvalue weighted by Gasteiger charge is -2.58. The van der Waals surface area contributed by atoms with Crippen molar-refractivity contribution in [2.24, 2.45) is 22.7 Å². The van der Waals surface area contributed by atoms with Crippen LogP contribution in [0.1, 0.15) is 59.3 Å². The second-order valence-corrected chi connectivity index (χ2v) is 8.36. The zero-order valence-electron chi connectivity index (χ0n) is 15.2. The van der Waals surface area contributed by atoms with Crippen LogP contribution < -0.4 is 0 Å². The summed E-state index contributed by atoms with van der Waals surface area (Å²) in [4.78, 5) is 12.0. The van der Waals surface area contributed by atoms with E-state index in [4.69, 9.17) is 5.11 Å². The Kier molecular flexibility index (Phi) is 5.61. The molecule has 1 unspecified atom stereocenters. The first kappa shape index (κ1) is 19.2. The summed E-state index contributed by atoms with van der Waals surface area (Å²) in [6.45, 7) is 10.3. The van der Waals surface area contributed by atoms with Crippen LogP contribution in [0.4, 0.5) is 0 Å². The molecular formula is C20H32O4. The Morgan fingerprint density at radius 3 is 2.62 bits per heavy atom. The maximum Gasteiger partial charge on any atom is 0.309 e. The molecule has 5 atom stereocenters. The molecule has 0 aromatic carbocycles. The Hall–Kier alpha value is -1.13. The van der Waals surface area contributed by atoms with E-state index < -0.39 is 17.5 Å². The van der Waals surface area contributed by atoms with E-state index in [9.17, 15) is 15.0 Å². The van der Waals surface area contributed by atoms with Crippen LogP contribution in [0, 0.1) is 22.7 Å². The van der Waals surface area contributed by atoms with Gasteiger partial charge in [0.25, 0.3) is 0 Å². The molecule has 2 aliphatic carbocycles. The average molecular weight is 336 g/mol. The van der Waals surface area contributed by atoms with Gasteiger partial charge in [0.2, 0.25) is 0 Å². The van der Waals surface area contributed by atoms with Gasteiger partial charge in [-0.2, -0.15) is 0 Å². The van der Waals surface area contributed by atoms with E-state index in [0.29, 0.717) is 12.8 Å². The summed E-state index contributed by atoms with van der Waals surface area (Å²) in [7, 11) is 0. The molecule has 136 valence electrons. The number of carboxylic acid groups (broad SMARTS) is 1. The van der Waals surface area contributed by atoms with Crippen molar-refractivity contribution in [2.45, 2.75) is 65.4 Å². The van der Waals surface area contributed by atoms with Crippen LogP contribution in [0.5, 0.6) is 0 Å². The monoisotopic (exact) mass is 336 g/mol. The molecule has 4 heteroatoms. The van der Waals surface area contributed by atoms with Gasteiger partial charge >= 0.3 is 5.97 Å². The SMILES string of the molecule is C=C1CCC2[C@](C)(C[C@@H](O)C[C@]2(C)C(=O)O)[C@H]1CC/C(C)=C/CO. The van der Waals surface area contributed by atoms with E-state index in [-0.39, 0.29) is 23.9 Å². The highest BCUT2D eigenvalue weighted by Crippen LogP contribution is 2.62. The number of carboxylic acids is 1. The zero-order valence-corrected chi connectivity index (χ0v) is 15.2. The van der Waals surface area contributed by atoms with E-state index in [1.54, 1.807) is 0 Å². The lowest BCUT2D eigenvalue weighted by atomic mass is 9.46. The van der Waals surface area contributed by atoms with Crippen molar-refractivity contribution in [3.05, 3.63) is 23.8 Å². The third-order valence-electron chi connectivity index (χ3n) is 6.70. The van der Waals surface area contributed by atoms with Gasteiger partial charge in [-0.05, 0) is 69.6 Å². The number of carbonyl (C=O) groups is 1. The van der Waals surface area contributed by atoms with Crippen LogP contribution in [0.3, 0.4) is 0 Å². The Morgan fingerprint density at radius 2 is 2.04 bits per heavy atom. The number of allylic oxidation sites excluding steroid dienone is 2. The molecule has 0 aromatic heterocycles. The predicted molar refractivity (Wildman–Crippen MR) is 94.5 cm³/mol. The van der Waals surface area contributed by atoms with Crippen LogP contribution in [-0.4, -0.2) is 34.0 Å². The van der Waals surface area contributed by atoms with Crippen LogP contribution >= 0.6 is 0 Å². The van der Waals surface area contributed by atoms with Gasteiger partial charge in [-0.15, -0.1) is 0 Å². The summed E-state index contributed by atoms with van der Waals surface area (Å²) in [5.41, 5.74) is 1.22. The Labute approximate surface area is 145 Å². The molecule has 0 amide bonds. The van der Waals surface area contributed by atoms with E-state index in [2.05, 4.69) is 13.5 Å². The molecule has 24 heavy (non-hydrogen) atoms. The third kappa shape index (κ3) is 3.31. The third-order valence-corrected chi connectivity index (χ3v) is 6.70. The average Bonchev–Trinajstić information content (AvgIpc) is 2.45. The maximum atomic E-state index is 12.0. The van der Waals surface area contributed by atoms with Gasteiger partial charge in [0, 0.05) is 0 Å². The van der Waals surface area contributed by atoms with Gasteiger partial charge in [-0.25, -0.2) is 0 Å². The number of aliphatic hydroxyl groups is 2. The molecule has 4 nitrogen and oxygen atoms in total. The quantitative estimate of drug-likeness (QED) is 0.671. The molecule has 0 bridgehead atoms. The molecule has 0 radical (unpaired) electrons. The topological polar surface area (TPSA) is 77.8 Å². The second-order valence-electron chi connectivity index (χ2n) is 8.36. The van der Waals surface area contributed by atoms with Crippen molar-refractivity contribution >= 4 is 5.97 Å². The summed E-state index contributed by atoms with van der Waals surface area (Å²) in [5.74, 6) is -0.518.